The average Bonchev–Trinajstić information content (AvgIpc) is 2.84. The van der Waals surface area contributed by atoms with Crippen molar-refractivity contribution in [3.05, 3.63) is 34.9 Å². The fourth-order valence-electron chi connectivity index (χ4n) is 2.56. The molecule has 0 aromatic heterocycles. The summed E-state index contributed by atoms with van der Waals surface area (Å²) in [7, 11) is 2.59. The van der Waals surface area contributed by atoms with Gasteiger partial charge in [0.25, 0.3) is 11.8 Å². The zero-order chi connectivity index (χ0) is 17.7. The van der Waals surface area contributed by atoms with E-state index < -0.39 is 11.9 Å². The molecule has 2 rings (SSSR count). The van der Waals surface area contributed by atoms with E-state index in [1.54, 1.807) is 0 Å². The molecule has 0 bridgehead atoms. The molecule has 0 spiro atoms. The predicted molar refractivity (Wildman–Crippen MR) is 83.6 cm³/mol. The third-order valence-electron chi connectivity index (χ3n) is 3.88. The van der Waals surface area contributed by atoms with Gasteiger partial charge in [-0.15, -0.1) is 0 Å². The molecule has 0 atom stereocenters. The van der Waals surface area contributed by atoms with Crippen LogP contribution >= 0.6 is 0 Å². The molecule has 0 aliphatic carbocycles. The van der Waals surface area contributed by atoms with Crippen LogP contribution in [0.1, 0.15) is 56.8 Å². The van der Waals surface area contributed by atoms with Crippen LogP contribution < -0.4 is 0 Å². The summed E-state index contributed by atoms with van der Waals surface area (Å²) < 4.78 is 9.17. The van der Waals surface area contributed by atoms with Crippen LogP contribution in [0.3, 0.4) is 0 Å². The van der Waals surface area contributed by atoms with Crippen LogP contribution in [0.25, 0.3) is 0 Å². The van der Waals surface area contributed by atoms with Crippen molar-refractivity contribution in [1.82, 2.24) is 4.90 Å². The molecule has 0 N–H and O–H groups in total. The molecule has 1 aromatic carbocycles. The summed E-state index contributed by atoms with van der Waals surface area (Å²) in [5.74, 6) is -1.60. The molecule has 0 saturated heterocycles. The Balaban J connectivity index is 1.97. The highest BCUT2D eigenvalue weighted by molar-refractivity contribution is 6.21. The number of hydrogen-bond acceptors (Lipinski definition) is 6. The van der Waals surface area contributed by atoms with Crippen molar-refractivity contribution in [2.75, 3.05) is 20.8 Å². The Kier molecular flexibility index (Phi) is 5.68. The lowest BCUT2D eigenvalue weighted by atomic mass is 10.1. The Morgan fingerprint density at radius 1 is 0.958 bits per heavy atom. The molecule has 128 valence electrons. The molecule has 1 aliphatic heterocycles. The number of methoxy groups -OCH3 is 2. The number of benzene rings is 1. The third-order valence-corrected chi connectivity index (χ3v) is 3.88. The summed E-state index contributed by atoms with van der Waals surface area (Å²) in [6.45, 7) is 0.279. The van der Waals surface area contributed by atoms with E-state index in [9.17, 15) is 19.2 Å². The molecule has 0 unspecified atom stereocenters. The van der Waals surface area contributed by atoms with Crippen molar-refractivity contribution in [1.29, 1.82) is 0 Å². The van der Waals surface area contributed by atoms with Gasteiger partial charge in [-0.2, -0.15) is 0 Å². The zero-order valence-electron chi connectivity index (χ0n) is 13.7. The van der Waals surface area contributed by atoms with Crippen LogP contribution in [0.2, 0.25) is 0 Å². The molecule has 2 amide bonds. The monoisotopic (exact) mass is 333 g/mol. The normalized spacial score (nSPS) is 13.0. The number of nitrogens with zero attached hydrogens (tertiary/aromatic N) is 1. The SMILES string of the molecule is COC(=O)CCCCCN1C(=O)c2ccc(C(=O)OC)cc2C1=O. The summed E-state index contributed by atoms with van der Waals surface area (Å²) >= 11 is 0. The van der Waals surface area contributed by atoms with Gasteiger partial charge < -0.3 is 9.47 Å². The number of carbonyl (C=O) groups is 4. The summed E-state index contributed by atoms with van der Waals surface area (Å²) in [6.07, 6.45) is 2.27. The lowest BCUT2D eigenvalue weighted by molar-refractivity contribution is -0.140. The van der Waals surface area contributed by atoms with E-state index in [-0.39, 0.29) is 29.5 Å². The lowest BCUT2D eigenvalue weighted by Crippen LogP contribution is -2.30. The summed E-state index contributed by atoms with van der Waals surface area (Å²) in [6, 6.07) is 4.33. The van der Waals surface area contributed by atoms with Crippen molar-refractivity contribution in [3.8, 4) is 0 Å². The molecule has 7 nitrogen and oxygen atoms in total. The number of esters is 2. The highest BCUT2D eigenvalue weighted by Crippen LogP contribution is 2.24. The lowest BCUT2D eigenvalue weighted by Gasteiger charge is -2.13. The van der Waals surface area contributed by atoms with Gasteiger partial charge in [-0.25, -0.2) is 4.79 Å². The Bertz CT molecular complexity index is 682. The van der Waals surface area contributed by atoms with Gasteiger partial charge in [0.2, 0.25) is 0 Å². The van der Waals surface area contributed by atoms with Crippen LogP contribution in [-0.2, 0) is 14.3 Å². The number of ether oxygens (including phenoxy) is 2. The van der Waals surface area contributed by atoms with Gasteiger partial charge in [-0.3, -0.25) is 19.3 Å². The molecule has 0 fully saturated rings. The number of hydrogen-bond donors (Lipinski definition) is 0. The highest BCUT2D eigenvalue weighted by Gasteiger charge is 2.35. The maximum absolute atomic E-state index is 12.4. The summed E-state index contributed by atoms with van der Waals surface area (Å²) in [4.78, 5) is 48.4. The maximum Gasteiger partial charge on any atom is 0.337 e. The Morgan fingerprint density at radius 2 is 1.67 bits per heavy atom. The summed E-state index contributed by atoms with van der Waals surface area (Å²) in [5, 5.41) is 0. The molecule has 1 aromatic rings. The van der Waals surface area contributed by atoms with Crippen LogP contribution in [0.4, 0.5) is 0 Å². The second kappa shape index (κ2) is 7.72. The number of carbonyl (C=O) groups excluding carboxylic acids is 4. The molecular weight excluding hydrogens is 314 g/mol. The Labute approximate surface area is 139 Å². The maximum atomic E-state index is 12.4. The van der Waals surface area contributed by atoms with Crippen molar-refractivity contribution in [2.24, 2.45) is 0 Å². The van der Waals surface area contributed by atoms with Gasteiger partial charge in [0.15, 0.2) is 0 Å². The first-order valence-electron chi connectivity index (χ1n) is 7.65. The number of unbranched alkanes of at least 4 members (excludes halogenated alkanes) is 2. The van der Waals surface area contributed by atoms with Crippen molar-refractivity contribution >= 4 is 23.8 Å². The minimum Gasteiger partial charge on any atom is -0.469 e. The minimum atomic E-state index is -0.556. The van der Waals surface area contributed by atoms with Crippen molar-refractivity contribution < 1.29 is 28.7 Å². The van der Waals surface area contributed by atoms with Gasteiger partial charge in [0, 0.05) is 13.0 Å². The third kappa shape index (κ3) is 3.61. The first-order valence-corrected chi connectivity index (χ1v) is 7.65. The zero-order valence-corrected chi connectivity index (χ0v) is 13.7. The Morgan fingerprint density at radius 3 is 2.33 bits per heavy atom. The van der Waals surface area contributed by atoms with E-state index in [0.29, 0.717) is 31.2 Å². The second-order valence-electron chi connectivity index (χ2n) is 5.40. The number of rotatable bonds is 7. The van der Waals surface area contributed by atoms with Crippen LogP contribution in [-0.4, -0.2) is 49.4 Å². The van der Waals surface area contributed by atoms with E-state index in [0.717, 1.165) is 0 Å². The van der Waals surface area contributed by atoms with E-state index in [4.69, 9.17) is 0 Å². The quantitative estimate of drug-likeness (QED) is 0.429. The van der Waals surface area contributed by atoms with Crippen molar-refractivity contribution in [2.45, 2.75) is 25.7 Å². The van der Waals surface area contributed by atoms with E-state index in [1.165, 1.54) is 37.3 Å². The number of amides is 2. The Hall–Kier alpha value is -2.70. The predicted octanol–water partition coefficient (Wildman–Crippen LogP) is 1.80. The van der Waals surface area contributed by atoms with Gasteiger partial charge >= 0.3 is 11.9 Å². The van der Waals surface area contributed by atoms with Crippen LogP contribution in [0, 0.1) is 0 Å². The fourth-order valence-corrected chi connectivity index (χ4v) is 2.56. The van der Waals surface area contributed by atoms with Gasteiger partial charge in [-0.1, -0.05) is 6.42 Å². The summed E-state index contributed by atoms with van der Waals surface area (Å²) in [5.41, 5.74) is 0.747. The largest absolute Gasteiger partial charge is 0.469 e. The molecule has 7 heteroatoms. The number of fused-ring (bicyclic) bond motifs is 1. The topological polar surface area (TPSA) is 90.0 Å². The van der Waals surface area contributed by atoms with Crippen LogP contribution in [0.5, 0.6) is 0 Å². The standard InChI is InChI=1S/C17H19NO6/c1-23-14(19)6-4-3-5-9-18-15(20)12-8-7-11(17(22)24-2)10-13(12)16(18)21/h7-8,10H,3-6,9H2,1-2H3. The highest BCUT2D eigenvalue weighted by atomic mass is 16.5. The van der Waals surface area contributed by atoms with Gasteiger partial charge in [0.1, 0.15) is 0 Å². The van der Waals surface area contributed by atoms with Crippen LogP contribution in [0.15, 0.2) is 18.2 Å². The van der Waals surface area contributed by atoms with E-state index in [1.807, 2.05) is 0 Å². The van der Waals surface area contributed by atoms with Crippen molar-refractivity contribution in [3.63, 3.8) is 0 Å². The first-order chi connectivity index (χ1) is 11.5. The average molecular weight is 333 g/mol. The minimum absolute atomic E-state index is 0.220. The van der Waals surface area contributed by atoms with E-state index in [2.05, 4.69) is 9.47 Å². The molecule has 1 heterocycles. The molecular formula is C17H19NO6. The first kappa shape index (κ1) is 17.7. The van der Waals surface area contributed by atoms with Gasteiger partial charge in [-0.05, 0) is 31.0 Å². The molecule has 1 aliphatic rings. The van der Waals surface area contributed by atoms with Gasteiger partial charge in [0.05, 0.1) is 30.9 Å². The number of imide groups is 1. The van der Waals surface area contributed by atoms with E-state index >= 15 is 0 Å². The fraction of sp³-hybridized carbons (Fsp3) is 0.412. The molecule has 0 saturated carbocycles. The molecule has 0 radical (unpaired) electrons. The smallest absolute Gasteiger partial charge is 0.337 e. The molecule has 24 heavy (non-hydrogen) atoms. The second-order valence-corrected chi connectivity index (χ2v) is 5.40.